The SMILES string of the molecule is FOCC1OCCO1. The summed E-state index contributed by atoms with van der Waals surface area (Å²) in [6.45, 7) is 0.946. The van der Waals surface area contributed by atoms with Crippen LogP contribution in [0.15, 0.2) is 0 Å². The fraction of sp³-hybridized carbons (Fsp3) is 1.00. The first-order valence-electron chi connectivity index (χ1n) is 2.40. The van der Waals surface area contributed by atoms with Crippen LogP contribution >= 0.6 is 0 Å². The van der Waals surface area contributed by atoms with Crippen molar-refractivity contribution in [1.29, 1.82) is 0 Å². The van der Waals surface area contributed by atoms with E-state index in [1.165, 1.54) is 0 Å². The van der Waals surface area contributed by atoms with E-state index < -0.39 is 6.29 Å². The average Bonchev–Trinajstić information content (AvgIpc) is 2.19. The Morgan fingerprint density at radius 3 is 2.62 bits per heavy atom. The molecule has 0 atom stereocenters. The number of halogens is 1. The van der Waals surface area contributed by atoms with Crippen LogP contribution in [0.3, 0.4) is 0 Å². The summed E-state index contributed by atoms with van der Waals surface area (Å²) in [5, 5.41) is 0. The van der Waals surface area contributed by atoms with Crippen LogP contribution in [0.4, 0.5) is 4.53 Å². The fourth-order valence-electron chi connectivity index (χ4n) is 0.555. The molecule has 0 aromatic rings. The van der Waals surface area contributed by atoms with Gasteiger partial charge in [-0.2, -0.15) is 4.94 Å². The number of hydrogen-bond donors (Lipinski definition) is 0. The maximum Gasteiger partial charge on any atom is 0.184 e. The molecule has 0 spiro atoms. The van der Waals surface area contributed by atoms with Crippen molar-refractivity contribution in [2.45, 2.75) is 6.29 Å². The van der Waals surface area contributed by atoms with E-state index in [9.17, 15) is 4.53 Å². The minimum absolute atomic E-state index is 0.125. The van der Waals surface area contributed by atoms with Crippen LogP contribution in [0.1, 0.15) is 0 Å². The molecule has 0 aromatic carbocycles. The summed E-state index contributed by atoms with van der Waals surface area (Å²) in [7, 11) is 0. The van der Waals surface area contributed by atoms with Crippen molar-refractivity contribution < 1.29 is 18.9 Å². The summed E-state index contributed by atoms with van der Waals surface area (Å²) in [4.78, 5) is 3.28. The van der Waals surface area contributed by atoms with Crippen molar-refractivity contribution in [3.63, 3.8) is 0 Å². The van der Waals surface area contributed by atoms with E-state index in [0.29, 0.717) is 13.2 Å². The summed E-state index contributed by atoms with van der Waals surface area (Å²) < 4.78 is 20.6. The van der Waals surface area contributed by atoms with Crippen LogP contribution in [0.5, 0.6) is 0 Å². The molecule has 0 amide bonds. The highest BCUT2D eigenvalue weighted by molar-refractivity contribution is 4.47. The van der Waals surface area contributed by atoms with Crippen molar-refractivity contribution in [2.24, 2.45) is 0 Å². The zero-order valence-electron chi connectivity index (χ0n) is 4.30. The smallest absolute Gasteiger partial charge is 0.184 e. The molecule has 3 nitrogen and oxygen atoms in total. The lowest BCUT2D eigenvalue weighted by molar-refractivity contribution is -0.197. The Kier molecular flexibility index (Phi) is 2.20. The lowest BCUT2D eigenvalue weighted by Crippen LogP contribution is -2.13. The molecule has 8 heavy (non-hydrogen) atoms. The van der Waals surface area contributed by atoms with Crippen LogP contribution in [0.2, 0.25) is 0 Å². The Labute approximate surface area is 46.2 Å². The third-order valence-electron chi connectivity index (χ3n) is 0.890. The lowest BCUT2D eigenvalue weighted by atomic mass is 10.7. The molecule has 48 valence electrons. The average molecular weight is 122 g/mol. The van der Waals surface area contributed by atoms with Crippen molar-refractivity contribution >= 4 is 0 Å². The molecule has 1 saturated heterocycles. The maximum absolute atomic E-state index is 11.0. The van der Waals surface area contributed by atoms with Gasteiger partial charge >= 0.3 is 0 Å². The first kappa shape index (κ1) is 5.94. The van der Waals surface area contributed by atoms with E-state index in [4.69, 9.17) is 9.47 Å². The Balaban J connectivity index is 2.06. The first-order chi connectivity index (χ1) is 3.93. The van der Waals surface area contributed by atoms with Gasteiger partial charge in [0.25, 0.3) is 0 Å². The predicted molar refractivity (Wildman–Crippen MR) is 22.8 cm³/mol. The predicted octanol–water partition coefficient (Wildman–Crippen LogP) is 0.260. The molecule has 0 aromatic heterocycles. The quantitative estimate of drug-likeness (QED) is 0.525. The van der Waals surface area contributed by atoms with Gasteiger partial charge in [-0.15, -0.1) is 0 Å². The molecule has 1 aliphatic heterocycles. The van der Waals surface area contributed by atoms with Gasteiger partial charge in [0.15, 0.2) is 6.29 Å². The summed E-state index contributed by atoms with van der Waals surface area (Å²) in [6.07, 6.45) is -0.486. The second-order valence-corrected chi connectivity index (χ2v) is 1.45. The largest absolute Gasteiger partial charge is 0.348 e. The van der Waals surface area contributed by atoms with Gasteiger partial charge in [0.1, 0.15) is 6.61 Å². The van der Waals surface area contributed by atoms with Crippen LogP contribution < -0.4 is 0 Å². The molecule has 1 aliphatic rings. The Hall–Kier alpha value is -0.190. The Bertz CT molecular complexity index is 62.3. The zero-order chi connectivity index (χ0) is 5.82. The highest BCUT2D eigenvalue weighted by Crippen LogP contribution is 2.02. The molecule has 0 bridgehead atoms. The van der Waals surface area contributed by atoms with Gasteiger partial charge in [-0.05, 0) is 4.53 Å². The first-order valence-corrected chi connectivity index (χ1v) is 2.40. The second kappa shape index (κ2) is 2.96. The molecule has 0 saturated carbocycles. The van der Waals surface area contributed by atoms with Crippen molar-refractivity contribution in [1.82, 2.24) is 0 Å². The van der Waals surface area contributed by atoms with Crippen molar-refractivity contribution in [2.75, 3.05) is 19.8 Å². The second-order valence-electron chi connectivity index (χ2n) is 1.45. The van der Waals surface area contributed by atoms with E-state index in [1.807, 2.05) is 0 Å². The summed E-state index contributed by atoms with van der Waals surface area (Å²) >= 11 is 0. The molecule has 1 heterocycles. The molecule has 4 heteroatoms. The minimum atomic E-state index is -0.486. The van der Waals surface area contributed by atoms with E-state index in [-0.39, 0.29) is 6.61 Å². The summed E-state index contributed by atoms with van der Waals surface area (Å²) in [5.74, 6) is 0. The molecular formula is C4H7FO3. The van der Waals surface area contributed by atoms with Gasteiger partial charge in [0.05, 0.1) is 13.2 Å². The van der Waals surface area contributed by atoms with Gasteiger partial charge < -0.3 is 9.47 Å². The molecule has 0 N–H and O–H groups in total. The van der Waals surface area contributed by atoms with Crippen LogP contribution in [0, 0.1) is 0 Å². The van der Waals surface area contributed by atoms with Crippen LogP contribution in [-0.4, -0.2) is 26.1 Å². The molecule has 0 unspecified atom stereocenters. The van der Waals surface area contributed by atoms with E-state index in [2.05, 4.69) is 4.94 Å². The van der Waals surface area contributed by atoms with E-state index >= 15 is 0 Å². The van der Waals surface area contributed by atoms with Crippen LogP contribution in [-0.2, 0) is 14.4 Å². The van der Waals surface area contributed by atoms with E-state index in [1.54, 1.807) is 0 Å². The topological polar surface area (TPSA) is 27.7 Å². The van der Waals surface area contributed by atoms with Gasteiger partial charge in [-0.1, -0.05) is 0 Å². The molecular weight excluding hydrogens is 115 g/mol. The third kappa shape index (κ3) is 1.40. The zero-order valence-corrected chi connectivity index (χ0v) is 4.30. The Morgan fingerprint density at radius 2 is 2.12 bits per heavy atom. The summed E-state index contributed by atoms with van der Waals surface area (Å²) in [6, 6.07) is 0. The monoisotopic (exact) mass is 122 g/mol. The van der Waals surface area contributed by atoms with Crippen molar-refractivity contribution in [3.05, 3.63) is 0 Å². The van der Waals surface area contributed by atoms with Gasteiger partial charge in [-0.25, -0.2) is 0 Å². The number of hydrogen-bond acceptors (Lipinski definition) is 3. The van der Waals surface area contributed by atoms with Crippen molar-refractivity contribution in [3.8, 4) is 0 Å². The third-order valence-corrected chi connectivity index (χ3v) is 0.890. The molecule has 0 aliphatic carbocycles. The lowest BCUT2D eigenvalue weighted by Gasteiger charge is -2.02. The molecule has 0 radical (unpaired) electrons. The number of ether oxygens (including phenoxy) is 2. The molecule has 1 fully saturated rings. The summed E-state index contributed by atoms with van der Waals surface area (Å²) in [5.41, 5.74) is 0. The highest BCUT2D eigenvalue weighted by atomic mass is 19.3. The normalized spacial score (nSPS) is 22.1. The standard InChI is InChI=1S/C4H7FO3/c5-8-3-4-6-1-2-7-4/h4H,1-3H2. The Morgan fingerprint density at radius 1 is 1.50 bits per heavy atom. The maximum atomic E-state index is 11.0. The van der Waals surface area contributed by atoms with Gasteiger partial charge in [0.2, 0.25) is 0 Å². The highest BCUT2D eigenvalue weighted by Gasteiger charge is 2.15. The van der Waals surface area contributed by atoms with E-state index in [0.717, 1.165) is 0 Å². The molecule has 1 rings (SSSR count). The minimum Gasteiger partial charge on any atom is -0.348 e. The van der Waals surface area contributed by atoms with Gasteiger partial charge in [0, 0.05) is 0 Å². The van der Waals surface area contributed by atoms with Gasteiger partial charge in [-0.3, -0.25) is 0 Å². The fourth-order valence-corrected chi connectivity index (χ4v) is 0.555. The van der Waals surface area contributed by atoms with Crippen LogP contribution in [0.25, 0.3) is 0 Å². The number of rotatable bonds is 2.